The molecule has 27 heavy (non-hydrogen) atoms. The Labute approximate surface area is 158 Å². The summed E-state index contributed by atoms with van der Waals surface area (Å²) >= 11 is 0. The van der Waals surface area contributed by atoms with Crippen molar-refractivity contribution in [2.45, 2.75) is 20.4 Å². The topological polar surface area (TPSA) is 87.7 Å². The van der Waals surface area contributed by atoms with E-state index in [0.717, 1.165) is 11.3 Å². The van der Waals surface area contributed by atoms with E-state index in [0.29, 0.717) is 17.9 Å². The van der Waals surface area contributed by atoms with E-state index in [4.69, 9.17) is 4.74 Å². The molecule has 0 unspecified atom stereocenters. The minimum Gasteiger partial charge on any atom is -0.497 e. The van der Waals surface area contributed by atoms with Crippen molar-refractivity contribution in [3.8, 4) is 5.75 Å². The van der Waals surface area contributed by atoms with E-state index in [2.05, 4.69) is 10.6 Å². The van der Waals surface area contributed by atoms with Crippen LogP contribution in [-0.4, -0.2) is 31.4 Å². The van der Waals surface area contributed by atoms with Crippen LogP contribution < -0.4 is 20.3 Å². The van der Waals surface area contributed by atoms with Gasteiger partial charge in [-0.2, -0.15) is 0 Å². The van der Waals surface area contributed by atoms with Crippen molar-refractivity contribution >= 4 is 29.1 Å². The molecule has 0 saturated carbocycles. The molecule has 2 aromatic carbocycles. The number of benzene rings is 2. The molecule has 2 aromatic rings. The normalized spacial score (nSPS) is 10.0. The van der Waals surface area contributed by atoms with E-state index >= 15 is 0 Å². The highest BCUT2D eigenvalue weighted by molar-refractivity contribution is 5.98. The first kappa shape index (κ1) is 20.0. The molecular weight excluding hydrogens is 346 g/mol. The number of amides is 3. The summed E-state index contributed by atoms with van der Waals surface area (Å²) in [7, 11) is 1.59. The van der Waals surface area contributed by atoms with Gasteiger partial charge in [0.1, 0.15) is 12.3 Å². The Morgan fingerprint density at radius 1 is 1.04 bits per heavy atom. The van der Waals surface area contributed by atoms with Gasteiger partial charge in [0.2, 0.25) is 17.7 Å². The van der Waals surface area contributed by atoms with Gasteiger partial charge in [-0.05, 0) is 35.9 Å². The Hall–Kier alpha value is -3.35. The fraction of sp³-hybridized carbons (Fsp3) is 0.250. The highest BCUT2D eigenvalue weighted by atomic mass is 16.5. The minimum atomic E-state index is -0.286. The van der Waals surface area contributed by atoms with E-state index in [1.807, 2.05) is 24.3 Å². The van der Waals surface area contributed by atoms with Crippen LogP contribution in [0.4, 0.5) is 11.4 Å². The number of carbonyl (C=O) groups excluding carboxylic acids is 3. The Kier molecular flexibility index (Phi) is 6.93. The smallest absolute Gasteiger partial charge is 0.240 e. The Bertz CT molecular complexity index is 818. The third kappa shape index (κ3) is 6.14. The number of ether oxygens (including phenoxy) is 1. The van der Waals surface area contributed by atoms with E-state index in [1.165, 1.54) is 18.7 Å². The van der Waals surface area contributed by atoms with E-state index in [1.54, 1.807) is 31.4 Å². The van der Waals surface area contributed by atoms with Crippen LogP contribution in [0.5, 0.6) is 5.75 Å². The second-order valence-electron chi connectivity index (χ2n) is 5.96. The maximum Gasteiger partial charge on any atom is 0.240 e. The molecule has 0 aliphatic carbocycles. The van der Waals surface area contributed by atoms with Crippen LogP contribution in [0.2, 0.25) is 0 Å². The van der Waals surface area contributed by atoms with Crippen molar-refractivity contribution in [2.24, 2.45) is 0 Å². The number of anilines is 2. The summed E-state index contributed by atoms with van der Waals surface area (Å²) in [5, 5.41) is 5.46. The lowest BCUT2D eigenvalue weighted by atomic mass is 10.2. The van der Waals surface area contributed by atoms with Gasteiger partial charge in [-0.1, -0.05) is 18.2 Å². The van der Waals surface area contributed by atoms with Crippen molar-refractivity contribution in [3.05, 3.63) is 54.1 Å². The largest absolute Gasteiger partial charge is 0.497 e. The Morgan fingerprint density at radius 3 is 2.33 bits per heavy atom. The molecule has 0 spiro atoms. The van der Waals surface area contributed by atoms with Crippen LogP contribution in [0, 0.1) is 0 Å². The summed E-state index contributed by atoms with van der Waals surface area (Å²) in [5.41, 5.74) is 2.02. The second kappa shape index (κ2) is 9.38. The molecule has 0 fully saturated rings. The SMILES string of the molecule is COc1ccc(CNC(=O)CN(C(C)=O)c2cccc(NC(C)=O)c2)cc1. The van der Waals surface area contributed by atoms with Gasteiger partial charge < -0.3 is 20.3 Å². The van der Waals surface area contributed by atoms with Gasteiger partial charge in [-0.15, -0.1) is 0 Å². The Morgan fingerprint density at radius 2 is 1.74 bits per heavy atom. The average Bonchev–Trinajstić information content (AvgIpc) is 2.64. The second-order valence-corrected chi connectivity index (χ2v) is 5.96. The minimum absolute atomic E-state index is 0.116. The van der Waals surface area contributed by atoms with Gasteiger partial charge >= 0.3 is 0 Å². The van der Waals surface area contributed by atoms with Crippen molar-refractivity contribution < 1.29 is 19.1 Å². The molecule has 7 heteroatoms. The van der Waals surface area contributed by atoms with Gasteiger partial charge in [-0.25, -0.2) is 0 Å². The van der Waals surface area contributed by atoms with Crippen molar-refractivity contribution in [3.63, 3.8) is 0 Å². The van der Waals surface area contributed by atoms with Crippen LogP contribution in [0.1, 0.15) is 19.4 Å². The zero-order valence-electron chi connectivity index (χ0n) is 15.6. The number of nitrogens with zero attached hydrogens (tertiary/aromatic N) is 1. The van der Waals surface area contributed by atoms with Crippen LogP contribution >= 0.6 is 0 Å². The van der Waals surface area contributed by atoms with E-state index < -0.39 is 0 Å². The van der Waals surface area contributed by atoms with Gasteiger partial charge in [0.15, 0.2) is 0 Å². The van der Waals surface area contributed by atoms with Crippen molar-refractivity contribution in [1.29, 1.82) is 0 Å². The summed E-state index contributed by atoms with van der Waals surface area (Å²) in [6.45, 7) is 3.03. The van der Waals surface area contributed by atoms with Crippen LogP contribution in [0.25, 0.3) is 0 Å². The Balaban J connectivity index is 2.01. The predicted molar refractivity (Wildman–Crippen MR) is 104 cm³/mol. The van der Waals surface area contributed by atoms with Gasteiger partial charge in [0.05, 0.1) is 7.11 Å². The first-order valence-electron chi connectivity index (χ1n) is 8.44. The first-order valence-corrected chi connectivity index (χ1v) is 8.44. The zero-order valence-corrected chi connectivity index (χ0v) is 15.6. The molecule has 0 aliphatic heterocycles. The lowest BCUT2D eigenvalue weighted by molar-refractivity contribution is -0.123. The molecule has 0 aromatic heterocycles. The number of hydrogen-bond donors (Lipinski definition) is 2. The quantitative estimate of drug-likeness (QED) is 0.784. The first-order chi connectivity index (χ1) is 12.9. The highest BCUT2D eigenvalue weighted by Crippen LogP contribution is 2.20. The third-order valence-electron chi connectivity index (χ3n) is 3.81. The van der Waals surface area contributed by atoms with Crippen molar-refractivity contribution in [2.75, 3.05) is 23.9 Å². The van der Waals surface area contributed by atoms with Crippen LogP contribution in [-0.2, 0) is 20.9 Å². The summed E-state index contributed by atoms with van der Waals surface area (Å²) < 4.78 is 5.10. The molecule has 3 amide bonds. The summed E-state index contributed by atoms with van der Waals surface area (Å²) in [4.78, 5) is 36.9. The summed E-state index contributed by atoms with van der Waals surface area (Å²) in [5.74, 6) is -0.0221. The zero-order chi connectivity index (χ0) is 19.8. The monoisotopic (exact) mass is 369 g/mol. The molecule has 7 nitrogen and oxygen atoms in total. The molecule has 0 bridgehead atoms. The highest BCUT2D eigenvalue weighted by Gasteiger charge is 2.16. The lowest BCUT2D eigenvalue weighted by Gasteiger charge is -2.21. The van der Waals surface area contributed by atoms with E-state index in [-0.39, 0.29) is 24.3 Å². The lowest BCUT2D eigenvalue weighted by Crippen LogP contribution is -2.39. The average molecular weight is 369 g/mol. The standard InChI is InChI=1S/C20H23N3O4/c1-14(24)22-17-5-4-6-18(11-17)23(15(2)25)13-20(26)21-12-16-7-9-19(27-3)10-8-16/h4-11H,12-13H2,1-3H3,(H,21,26)(H,22,24). The number of nitrogens with one attached hydrogen (secondary N) is 2. The fourth-order valence-corrected chi connectivity index (χ4v) is 2.48. The number of carbonyl (C=O) groups is 3. The molecule has 0 heterocycles. The molecule has 142 valence electrons. The molecule has 0 radical (unpaired) electrons. The summed E-state index contributed by atoms with van der Waals surface area (Å²) in [6, 6.07) is 14.1. The maximum absolute atomic E-state index is 12.3. The molecular formula is C20H23N3O4. The van der Waals surface area contributed by atoms with Gasteiger partial charge in [-0.3, -0.25) is 14.4 Å². The van der Waals surface area contributed by atoms with Crippen LogP contribution in [0.15, 0.2) is 48.5 Å². The molecule has 2 N–H and O–H groups in total. The predicted octanol–water partition coefficient (Wildman–Crippen LogP) is 2.32. The van der Waals surface area contributed by atoms with Crippen molar-refractivity contribution in [1.82, 2.24) is 5.32 Å². The van der Waals surface area contributed by atoms with Gasteiger partial charge in [0, 0.05) is 31.8 Å². The third-order valence-corrected chi connectivity index (χ3v) is 3.81. The van der Waals surface area contributed by atoms with E-state index in [9.17, 15) is 14.4 Å². The molecule has 2 rings (SSSR count). The molecule has 0 atom stereocenters. The van der Waals surface area contributed by atoms with Gasteiger partial charge in [0.25, 0.3) is 0 Å². The number of rotatable bonds is 7. The number of methoxy groups -OCH3 is 1. The fourth-order valence-electron chi connectivity index (χ4n) is 2.48. The molecule has 0 aliphatic rings. The molecule has 0 saturated heterocycles. The summed E-state index contributed by atoms with van der Waals surface area (Å²) in [6.07, 6.45) is 0. The van der Waals surface area contributed by atoms with Crippen LogP contribution in [0.3, 0.4) is 0 Å². The number of hydrogen-bond acceptors (Lipinski definition) is 4. The maximum atomic E-state index is 12.3.